The van der Waals surface area contributed by atoms with Crippen molar-refractivity contribution in [2.45, 2.75) is 26.4 Å². The van der Waals surface area contributed by atoms with Gasteiger partial charge in [-0.05, 0) is 36.1 Å². The fourth-order valence-corrected chi connectivity index (χ4v) is 4.74. The molecule has 4 aromatic rings. The number of hydrogen-bond acceptors (Lipinski definition) is 7. The van der Waals surface area contributed by atoms with Crippen LogP contribution in [0.15, 0.2) is 36.7 Å². The van der Waals surface area contributed by atoms with E-state index in [-0.39, 0.29) is 18.3 Å². The highest BCUT2D eigenvalue weighted by Crippen LogP contribution is 2.34. The third-order valence-electron chi connectivity index (χ3n) is 6.88. The van der Waals surface area contributed by atoms with Crippen molar-refractivity contribution in [2.75, 3.05) is 32.1 Å². The van der Waals surface area contributed by atoms with Gasteiger partial charge in [0.15, 0.2) is 5.82 Å². The summed E-state index contributed by atoms with van der Waals surface area (Å²) in [5.41, 5.74) is 4.10. The highest BCUT2D eigenvalue weighted by molar-refractivity contribution is 5.89. The lowest BCUT2D eigenvalue weighted by Gasteiger charge is -2.14. The topological polar surface area (TPSA) is 97.2 Å². The van der Waals surface area contributed by atoms with Crippen molar-refractivity contribution >= 4 is 28.3 Å². The normalized spacial score (nSPS) is 15.6. The number of halogens is 1. The van der Waals surface area contributed by atoms with E-state index in [0.717, 1.165) is 40.7 Å². The van der Waals surface area contributed by atoms with E-state index in [1.54, 1.807) is 29.0 Å². The standard InChI is InChI=1S/C26H26FN7O2/c1-15-20(13-30-26-21(15)12-28-4-6-36-26)19-7-16-9-23(29-11-17(16)8-22(19)27)31-24-10-18-3-5-33(2)25(35)14-34(18)32-24/h7-11,13,28H,3-6,12,14H2,1-2H3,(H,29,31,32). The number of rotatable bonds is 3. The van der Waals surface area contributed by atoms with Crippen LogP contribution in [0.25, 0.3) is 21.9 Å². The Balaban J connectivity index is 1.33. The molecule has 0 atom stereocenters. The molecule has 0 radical (unpaired) electrons. The van der Waals surface area contributed by atoms with Crippen LogP contribution in [0.2, 0.25) is 0 Å². The van der Waals surface area contributed by atoms with E-state index in [9.17, 15) is 4.79 Å². The predicted molar refractivity (Wildman–Crippen MR) is 134 cm³/mol. The molecular formula is C26H26FN7O2. The maximum atomic E-state index is 15.2. The lowest BCUT2D eigenvalue weighted by molar-refractivity contribution is -0.130. The number of nitrogens with zero attached hydrogens (tertiary/aromatic N) is 5. The number of nitrogens with one attached hydrogen (secondary N) is 2. The van der Waals surface area contributed by atoms with Crippen molar-refractivity contribution in [2.24, 2.45) is 0 Å². The van der Waals surface area contributed by atoms with Crippen molar-refractivity contribution in [3.8, 4) is 17.0 Å². The molecule has 0 aliphatic carbocycles. The van der Waals surface area contributed by atoms with Crippen LogP contribution in [-0.4, -0.2) is 57.3 Å². The first kappa shape index (κ1) is 22.4. The Morgan fingerprint density at radius 3 is 2.86 bits per heavy atom. The Hall–Kier alpha value is -4.05. The van der Waals surface area contributed by atoms with E-state index < -0.39 is 0 Å². The molecule has 2 aliphatic heterocycles. The third-order valence-corrected chi connectivity index (χ3v) is 6.88. The Labute approximate surface area is 207 Å². The number of anilines is 2. The zero-order chi connectivity index (χ0) is 24.8. The van der Waals surface area contributed by atoms with Crippen molar-refractivity contribution in [1.29, 1.82) is 0 Å². The lowest BCUT2D eigenvalue weighted by atomic mass is 9.96. The van der Waals surface area contributed by atoms with Gasteiger partial charge in [-0.2, -0.15) is 5.10 Å². The summed E-state index contributed by atoms with van der Waals surface area (Å²) in [4.78, 5) is 22.8. The zero-order valence-corrected chi connectivity index (χ0v) is 20.1. The van der Waals surface area contributed by atoms with E-state index in [1.165, 1.54) is 6.07 Å². The van der Waals surface area contributed by atoms with Crippen molar-refractivity contribution in [3.05, 3.63) is 59.3 Å². The molecule has 0 unspecified atom stereocenters. The first-order chi connectivity index (χ1) is 17.5. The van der Waals surface area contributed by atoms with Gasteiger partial charge in [0.25, 0.3) is 0 Å². The largest absolute Gasteiger partial charge is 0.476 e. The first-order valence-electron chi connectivity index (χ1n) is 12.0. The lowest BCUT2D eigenvalue weighted by Crippen LogP contribution is -2.29. The van der Waals surface area contributed by atoms with Crippen LogP contribution in [0.1, 0.15) is 16.8 Å². The first-order valence-corrected chi connectivity index (χ1v) is 12.0. The number of pyridine rings is 2. The fourth-order valence-electron chi connectivity index (χ4n) is 4.74. The van der Waals surface area contributed by atoms with E-state index >= 15 is 4.39 Å². The molecule has 2 aliphatic rings. The summed E-state index contributed by atoms with van der Waals surface area (Å²) in [6.45, 7) is 4.78. The van der Waals surface area contributed by atoms with Gasteiger partial charge in [-0.3, -0.25) is 9.48 Å². The molecule has 0 fully saturated rings. The molecule has 9 nitrogen and oxygen atoms in total. The number of ether oxygens (including phenoxy) is 1. The van der Waals surface area contributed by atoms with E-state index in [2.05, 4.69) is 25.7 Å². The van der Waals surface area contributed by atoms with Gasteiger partial charge in [-0.25, -0.2) is 14.4 Å². The number of carbonyl (C=O) groups excluding carboxylic acids is 1. The Kier molecular flexibility index (Phi) is 5.52. The second kappa shape index (κ2) is 8.87. The van der Waals surface area contributed by atoms with Crippen LogP contribution in [-0.2, 0) is 24.3 Å². The SMILES string of the molecule is Cc1c(-c2cc3cc(Nc4cc5n(n4)CC(=O)N(C)CC5)ncc3cc2F)cnc2c1CNCCO2. The summed E-state index contributed by atoms with van der Waals surface area (Å²) < 4.78 is 22.7. The minimum absolute atomic E-state index is 0.0340. The molecule has 5 heterocycles. The average Bonchev–Trinajstić information content (AvgIpc) is 3.00. The maximum absolute atomic E-state index is 15.2. The molecular weight excluding hydrogens is 461 g/mol. The molecule has 0 saturated heterocycles. The maximum Gasteiger partial charge on any atom is 0.244 e. The second-order valence-corrected chi connectivity index (χ2v) is 9.22. The van der Waals surface area contributed by atoms with E-state index in [0.29, 0.717) is 48.2 Å². The summed E-state index contributed by atoms with van der Waals surface area (Å²) in [6.07, 6.45) is 4.06. The molecule has 10 heteroatoms. The molecule has 1 amide bonds. The van der Waals surface area contributed by atoms with Gasteiger partial charge in [-0.1, -0.05) is 0 Å². The second-order valence-electron chi connectivity index (χ2n) is 9.22. The van der Waals surface area contributed by atoms with Gasteiger partial charge in [0, 0.05) is 79.3 Å². The molecule has 3 aromatic heterocycles. The van der Waals surface area contributed by atoms with Crippen LogP contribution in [0, 0.1) is 12.7 Å². The minimum atomic E-state index is -0.329. The molecule has 0 saturated carbocycles. The molecule has 0 spiro atoms. The van der Waals surface area contributed by atoms with Crippen LogP contribution in [0.5, 0.6) is 5.88 Å². The van der Waals surface area contributed by atoms with Crippen LogP contribution < -0.4 is 15.4 Å². The van der Waals surface area contributed by atoms with Crippen LogP contribution in [0.3, 0.4) is 0 Å². The number of carbonyl (C=O) groups is 1. The summed E-state index contributed by atoms with van der Waals surface area (Å²) in [7, 11) is 1.80. The summed E-state index contributed by atoms with van der Waals surface area (Å²) in [5.74, 6) is 1.52. The highest BCUT2D eigenvalue weighted by Gasteiger charge is 2.20. The van der Waals surface area contributed by atoms with Crippen LogP contribution in [0.4, 0.5) is 16.0 Å². The monoisotopic (exact) mass is 487 g/mol. The smallest absolute Gasteiger partial charge is 0.244 e. The Morgan fingerprint density at radius 1 is 1.08 bits per heavy atom. The number of aromatic nitrogens is 4. The summed E-state index contributed by atoms with van der Waals surface area (Å²) in [5, 5.41) is 12.6. The number of benzene rings is 1. The predicted octanol–water partition coefficient (Wildman–Crippen LogP) is 3.18. The van der Waals surface area contributed by atoms with Gasteiger partial charge >= 0.3 is 0 Å². The molecule has 36 heavy (non-hydrogen) atoms. The number of likely N-dealkylation sites (N-methyl/N-ethyl adjacent to an activating group) is 1. The average molecular weight is 488 g/mol. The van der Waals surface area contributed by atoms with Gasteiger partial charge in [0.1, 0.15) is 24.8 Å². The Morgan fingerprint density at radius 2 is 1.97 bits per heavy atom. The van der Waals surface area contributed by atoms with Crippen molar-refractivity contribution in [3.63, 3.8) is 0 Å². The zero-order valence-electron chi connectivity index (χ0n) is 20.1. The van der Waals surface area contributed by atoms with E-state index in [1.807, 2.05) is 25.1 Å². The highest BCUT2D eigenvalue weighted by atomic mass is 19.1. The number of fused-ring (bicyclic) bond motifs is 3. The number of hydrogen-bond donors (Lipinski definition) is 2. The summed E-state index contributed by atoms with van der Waals surface area (Å²) in [6, 6.07) is 7.14. The quantitative estimate of drug-likeness (QED) is 0.458. The summed E-state index contributed by atoms with van der Waals surface area (Å²) >= 11 is 0. The third kappa shape index (κ3) is 4.03. The number of amides is 1. The van der Waals surface area contributed by atoms with Crippen LogP contribution >= 0.6 is 0 Å². The van der Waals surface area contributed by atoms with Gasteiger partial charge in [0.2, 0.25) is 11.8 Å². The van der Waals surface area contributed by atoms with Crippen molar-refractivity contribution in [1.82, 2.24) is 30.0 Å². The van der Waals surface area contributed by atoms with Gasteiger partial charge in [-0.15, -0.1) is 0 Å². The molecule has 1 aromatic carbocycles. The Bertz CT molecular complexity index is 1500. The molecule has 184 valence electrons. The molecule has 6 rings (SSSR count). The van der Waals surface area contributed by atoms with E-state index in [4.69, 9.17) is 4.74 Å². The van der Waals surface area contributed by atoms with Gasteiger partial charge < -0.3 is 20.3 Å². The molecule has 2 N–H and O–H groups in total. The fraction of sp³-hybridized carbons (Fsp3) is 0.308. The molecule has 0 bridgehead atoms. The van der Waals surface area contributed by atoms with Crippen molar-refractivity contribution < 1.29 is 13.9 Å². The minimum Gasteiger partial charge on any atom is -0.476 e. The van der Waals surface area contributed by atoms with Gasteiger partial charge in [0.05, 0.1) is 0 Å².